The number of rotatable bonds is 15. The Kier molecular flexibility index (Phi) is 13.7. The van der Waals surface area contributed by atoms with Gasteiger partial charge < -0.3 is 5.53 Å². The minimum Gasteiger partial charge on any atom is -0.493 e. The molecule has 0 radical (unpaired) electrons. The first-order valence-electron chi connectivity index (χ1n) is 15.1. The van der Waals surface area contributed by atoms with Crippen molar-refractivity contribution in [2.75, 3.05) is 0 Å². The molecular formula is C35H50N2Ni. The van der Waals surface area contributed by atoms with E-state index in [1.165, 1.54) is 83.1 Å². The second-order valence-electron chi connectivity index (χ2n) is 11.1. The minimum absolute atomic E-state index is 0. The van der Waals surface area contributed by atoms with E-state index in [2.05, 4.69) is 77.9 Å². The molecule has 3 heteroatoms. The Hall–Kier alpha value is -1.99. The van der Waals surface area contributed by atoms with Crippen LogP contribution in [0, 0.1) is 13.8 Å². The fourth-order valence-electron chi connectivity index (χ4n) is 5.74. The molecule has 0 aromatic heterocycles. The topological polar surface area (TPSA) is 25.3 Å². The van der Waals surface area contributed by atoms with Crippen molar-refractivity contribution in [3.05, 3.63) is 86.5 Å². The van der Waals surface area contributed by atoms with Gasteiger partial charge >= 0.3 is 0 Å². The number of allylic oxidation sites excluding steroid dienone is 2. The van der Waals surface area contributed by atoms with E-state index in [0.717, 1.165) is 56.3 Å². The third-order valence-electron chi connectivity index (χ3n) is 7.63. The van der Waals surface area contributed by atoms with Gasteiger partial charge in [-0.3, -0.25) is 0 Å². The van der Waals surface area contributed by atoms with Crippen molar-refractivity contribution in [2.45, 2.75) is 125 Å². The van der Waals surface area contributed by atoms with Crippen LogP contribution in [0.2, 0.25) is 0 Å². The van der Waals surface area contributed by atoms with Gasteiger partial charge in [0.15, 0.2) is 0 Å². The Morgan fingerprint density at radius 3 is 1.34 bits per heavy atom. The van der Waals surface area contributed by atoms with Crippen molar-refractivity contribution >= 4 is 11.4 Å². The van der Waals surface area contributed by atoms with Gasteiger partial charge in [0, 0.05) is 38.8 Å². The van der Waals surface area contributed by atoms with Crippen LogP contribution in [0.3, 0.4) is 0 Å². The quantitative estimate of drug-likeness (QED) is 0.118. The van der Waals surface area contributed by atoms with Gasteiger partial charge in [-0.25, -0.2) is 4.70 Å². The monoisotopic (exact) mass is 556 g/mol. The molecule has 210 valence electrons. The van der Waals surface area contributed by atoms with Gasteiger partial charge in [-0.2, -0.15) is 0 Å². The second kappa shape index (κ2) is 16.2. The van der Waals surface area contributed by atoms with Crippen molar-refractivity contribution in [3.8, 4) is 0 Å². The normalized spacial score (nSPS) is 13.5. The zero-order chi connectivity index (χ0) is 26.8. The third kappa shape index (κ3) is 8.25. The predicted octanol–water partition coefficient (Wildman–Crippen LogP) is 10.9. The van der Waals surface area contributed by atoms with E-state index in [-0.39, 0.29) is 16.5 Å². The van der Waals surface area contributed by atoms with Crippen LogP contribution in [-0.2, 0) is 29.3 Å². The zero-order valence-electron chi connectivity index (χ0n) is 24.9. The maximum Gasteiger partial charge on any atom is 0.211 e. The van der Waals surface area contributed by atoms with Gasteiger partial charge in [-0.05, 0) is 101 Å². The average Bonchev–Trinajstić information content (AvgIpc) is 3.15. The summed E-state index contributed by atoms with van der Waals surface area (Å²) in [7, 11) is 0. The molecular weight excluding hydrogens is 507 g/mol. The second-order valence-corrected chi connectivity index (χ2v) is 11.1. The van der Waals surface area contributed by atoms with Crippen LogP contribution in [-0.4, -0.2) is 4.70 Å². The maximum absolute atomic E-state index is 12.0. The van der Waals surface area contributed by atoms with E-state index in [1.54, 1.807) is 4.70 Å². The van der Waals surface area contributed by atoms with Gasteiger partial charge in [-0.15, -0.1) is 0 Å². The molecule has 2 nitrogen and oxygen atoms in total. The summed E-state index contributed by atoms with van der Waals surface area (Å²) in [6.07, 6.45) is 14.9. The molecule has 38 heavy (non-hydrogen) atoms. The molecule has 0 N–H and O–H groups in total. The van der Waals surface area contributed by atoms with Crippen molar-refractivity contribution in [3.63, 3.8) is 0 Å². The first kappa shape index (κ1) is 32.2. The number of aryl methyl sites for hydroxylation is 4. The predicted molar refractivity (Wildman–Crippen MR) is 161 cm³/mol. The van der Waals surface area contributed by atoms with E-state index in [4.69, 9.17) is 0 Å². The van der Waals surface area contributed by atoms with Crippen molar-refractivity contribution < 1.29 is 21.2 Å². The van der Waals surface area contributed by atoms with Crippen LogP contribution >= 0.6 is 0 Å². The Morgan fingerprint density at radius 2 is 0.921 bits per heavy atom. The molecule has 0 atom stereocenters. The van der Waals surface area contributed by atoms with Crippen molar-refractivity contribution in [1.82, 2.24) is 0 Å². The number of benzene rings is 2. The molecule has 1 aliphatic heterocycles. The van der Waals surface area contributed by atoms with Crippen molar-refractivity contribution in [1.29, 1.82) is 0 Å². The Balaban J connectivity index is 0.00000507. The van der Waals surface area contributed by atoms with Gasteiger partial charge in [0.25, 0.3) is 0 Å². The summed E-state index contributed by atoms with van der Waals surface area (Å²) in [4.78, 5) is 0. The van der Waals surface area contributed by atoms with Gasteiger partial charge in [0.05, 0.1) is 0 Å². The van der Waals surface area contributed by atoms with Gasteiger partial charge in [0.2, 0.25) is 11.4 Å². The molecule has 1 aliphatic rings. The number of hydrogen-bond acceptors (Lipinski definition) is 0. The van der Waals surface area contributed by atoms with E-state index in [1.807, 2.05) is 0 Å². The summed E-state index contributed by atoms with van der Waals surface area (Å²) < 4.78 is 1.57. The number of hydrogen-bond donors (Lipinski definition) is 0. The average molecular weight is 557 g/mol. The van der Waals surface area contributed by atoms with E-state index in [9.17, 15) is 5.53 Å². The molecule has 0 saturated carbocycles. The summed E-state index contributed by atoms with van der Waals surface area (Å²) in [6, 6.07) is 13.9. The van der Waals surface area contributed by atoms with E-state index >= 15 is 0 Å². The summed E-state index contributed by atoms with van der Waals surface area (Å²) in [5.74, 6) is 0. The van der Waals surface area contributed by atoms with E-state index in [0.29, 0.717) is 0 Å². The summed E-state index contributed by atoms with van der Waals surface area (Å²) in [5.41, 5.74) is 24.4. The minimum atomic E-state index is 0. The molecule has 2 aromatic carbocycles. The molecule has 0 saturated heterocycles. The first-order valence-corrected chi connectivity index (χ1v) is 15.1. The smallest absolute Gasteiger partial charge is 0.211 e. The van der Waals surface area contributed by atoms with Gasteiger partial charge in [-0.1, -0.05) is 83.1 Å². The van der Waals surface area contributed by atoms with Crippen LogP contribution in [0.25, 0.3) is 16.9 Å². The van der Waals surface area contributed by atoms with Crippen molar-refractivity contribution in [2.24, 2.45) is 0 Å². The fourth-order valence-corrected chi connectivity index (χ4v) is 5.74. The molecule has 0 aliphatic carbocycles. The zero-order valence-corrected chi connectivity index (χ0v) is 25.9. The van der Waals surface area contributed by atoms with E-state index < -0.39 is 0 Å². The largest absolute Gasteiger partial charge is 0.493 e. The SMILES string of the molecule is CCCCCC1=C(c2cc(C)cc(CCCC)c2)[N+](=[N-])C(c2cc(C)cc(CCCC)c2)=C1CCCC.[Ni]. The molecule has 0 amide bonds. The summed E-state index contributed by atoms with van der Waals surface area (Å²) >= 11 is 0. The van der Waals surface area contributed by atoms with Crippen LogP contribution < -0.4 is 0 Å². The fraction of sp³-hybridized carbons (Fsp3) is 0.543. The summed E-state index contributed by atoms with van der Waals surface area (Å²) in [5, 5.41) is 0. The molecule has 2 aromatic rings. The molecule has 0 bridgehead atoms. The number of nitrogens with zero attached hydrogens (tertiary/aromatic N) is 2. The van der Waals surface area contributed by atoms with Crippen LogP contribution in [0.5, 0.6) is 0 Å². The summed E-state index contributed by atoms with van der Waals surface area (Å²) in [6.45, 7) is 13.4. The Bertz CT molecular complexity index is 1140. The maximum atomic E-state index is 12.0. The molecule has 3 rings (SSSR count). The first-order chi connectivity index (χ1) is 17.9. The van der Waals surface area contributed by atoms with Crippen LogP contribution in [0.1, 0.15) is 132 Å². The van der Waals surface area contributed by atoms with Crippen LogP contribution in [0.4, 0.5) is 0 Å². The van der Waals surface area contributed by atoms with Gasteiger partial charge in [0.1, 0.15) is 0 Å². The molecule has 0 unspecified atom stereocenters. The standard InChI is InChI=1S/C35H50N2.Ni/c1-7-11-15-19-33-32(18-14-10-4)34(30-22-26(5)20-28(24-30)16-12-8-2)37(36)35(33)31-23-27(6)21-29(25-31)17-13-9-3;/h20-25H,7-19H2,1-6H3;. The Morgan fingerprint density at radius 1 is 0.526 bits per heavy atom. The third-order valence-corrected chi connectivity index (χ3v) is 7.63. The molecule has 0 fully saturated rings. The van der Waals surface area contributed by atoms with Crippen LogP contribution in [0.15, 0.2) is 47.5 Å². The number of unbranched alkanes of at least 4 members (excludes halogenated alkanes) is 5. The Labute approximate surface area is 243 Å². The molecule has 0 spiro atoms. The molecule has 1 heterocycles.